The number of hydrogen-bond donors (Lipinski definition) is 1. The molecule has 19 heavy (non-hydrogen) atoms. The minimum Gasteiger partial charge on any atom is -0.492 e. The molecule has 1 amide bonds. The van der Waals surface area contributed by atoms with Crippen molar-refractivity contribution in [2.45, 2.75) is 6.42 Å². The van der Waals surface area contributed by atoms with Gasteiger partial charge in [-0.15, -0.1) is 0 Å². The van der Waals surface area contributed by atoms with Crippen LogP contribution in [0.4, 0.5) is 4.39 Å². The van der Waals surface area contributed by atoms with Crippen molar-refractivity contribution in [3.8, 4) is 5.75 Å². The molecule has 1 aliphatic heterocycles. The predicted octanol–water partition coefficient (Wildman–Crippen LogP) is 1.27. The SMILES string of the molecule is CN(CCOc1ccc(F)cc1)C(=O)C1CCNC1. The number of carbonyl (C=O) groups excluding carboxylic acids is 1. The van der Waals surface area contributed by atoms with E-state index >= 15 is 0 Å². The lowest BCUT2D eigenvalue weighted by Gasteiger charge is -2.20. The van der Waals surface area contributed by atoms with Crippen LogP contribution in [-0.2, 0) is 4.79 Å². The number of benzene rings is 1. The number of carbonyl (C=O) groups is 1. The van der Waals surface area contributed by atoms with E-state index in [-0.39, 0.29) is 17.6 Å². The van der Waals surface area contributed by atoms with E-state index in [1.165, 1.54) is 12.1 Å². The lowest BCUT2D eigenvalue weighted by molar-refractivity contribution is -0.133. The van der Waals surface area contributed by atoms with Crippen LogP contribution in [0.3, 0.4) is 0 Å². The average molecular weight is 266 g/mol. The summed E-state index contributed by atoms with van der Waals surface area (Å²) >= 11 is 0. The zero-order chi connectivity index (χ0) is 13.7. The van der Waals surface area contributed by atoms with Crippen LogP contribution < -0.4 is 10.1 Å². The molecule has 2 rings (SSSR count). The summed E-state index contributed by atoms with van der Waals surface area (Å²) in [5.74, 6) is 0.585. The summed E-state index contributed by atoms with van der Waals surface area (Å²) in [6.07, 6.45) is 0.905. The Morgan fingerprint density at radius 2 is 2.21 bits per heavy atom. The molecule has 0 saturated carbocycles. The van der Waals surface area contributed by atoms with E-state index in [1.54, 1.807) is 24.1 Å². The Balaban J connectivity index is 1.72. The average Bonchev–Trinajstić information content (AvgIpc) is 2.94. The molecule has 1 heterocycles. The molecular formula is C14H19FN2O2. The van der Waals surface area contributed by atoms with Crippen molar-refractivity contribution in [1.82, 2.24) is 10.2 Å². The monoisotopic (exact) mass is 266 g/mol. The lowest BCUT2D eigenvalue weighted by atomic mass is 10.1. The van der Waals surface area contributed by atoms with E-state index in [2.05, 4.69) is 5.32 Å². The van der Waals surface area contributed by atoms with Crippen molar-refractivity contribution >= 4 is 5.91 Å². The summed E-state index contributed by atoms with van der Waals surface area (Å²) in [5.41, 5.74) is 0. The Morgan fingerprint density at radius 1 is 1.47 bits per heavy atom. The Hall–Kier alpha value is -1.62. The van der Waals surface area contributed by atoms with Crippen molar-refractivity contribution in [2.24, 2.45) is 5.92 Å². The van der Waals surface area contributed by atoms with E-state index in [0.29, 0.717) is 18.9 Å². The molecule has 1 saturated heterocycles. The van der Waals surface area contributed by atoms with Gasteiger partial charge < -0.3 is 15.0 Å². The summed E-state index contributed by atoms with van der Waals surface area (Å²) in [6.45, 7) is 2.62. The molecule has 1 unspecified atom stereocenters. The maximum absolute atomic E-state index is 12.7. The van der Waals surface area contributed by atoms with Crippen LogP contribution in [0.15, 0.2) is 24.3 Å². The third-order valence-corrected chi connectivity index (χ3v) is 3.29. The molecule has 0 radical (unpaired) electrons. The molecule has 0 spiro atoms. The predicted molar refractivity (Wildman–Crippen MR) is 70.5 cm³/mol. The molecule has 0 bridgehead atoms. The molecule has 1 aliphatic rings. The maximum Gasteiger partial charge on any atom is 0.226 e. The third-order valence-electron chi connectivity index (χ3n) is 3.29. The van der Waals surface area contributed by atoms with Crippen LogP contribution in [-0.4, -0.2) is 44.1 Å². The Morgan fingerprint density at radius 3 is 2.84 bits per heavy atom. The van der Waals surface area contributed by atoms with E-state index in [1.807, 2.05) is 0 Å². The number of amides is 1. The van der Waals surface area contributed by atoms with Gasteiger partial charge >= 0.3 is 0 Å². The highest BCUT2D eigenvalue weighted by molar-refractivity contribution is 5.79. The van der Waals surface area contributed by atoms with E-state index in [9.17, 15) is 9.18 Å². The highest BCUT2D eigenvalue weighted by Crippen LogP contribution is 2.12. The molecule has 1 fully saturated rings. The topological polar surface area (TPSA) is 41.6 Å². The van der Waals surface area contributed by atoms with Crippen molar-refractivity contribution in [3.63, 3.8) is 0 Å². The van der Waals surface area contributed by atoms with Crippen molar-refractivity contribution in [2.75, 3.05) is 33.3 Å². The van der Waals surface area contributed by atoms with Crippen LogP contribution in [0.1, 0.15) is 6.42 Å². The van der Waals surface area contributed by atoms with Gasteiger partial charge in [0.05, 0.1) is 12.5 Å². The second-order valence-corrected chi connectivity index (χ2v) is 4.75. The fraction of sp³-hybridized carbons (Fsp3) is 0.500. The van der Waals surface area contributed by atoms with Crippen LogP contribution in [0.5, 0.6) is 5.75 Å². The van der Waals surface area contributed by atoms with Gasteiger partial charge in [0.1, 0.15) is 18.2 Å². The second-order valence-electron chi connectivity index (χ2n) is 4.75. The van der Waals surface area contributed by atoms with Crippen molar-refractivity contribution in [3.05, 3.63) is 30.1 Å². The van der Waals surface area contributed by atoms with Crippen LogP contribution in [0.2, 0.25) is 0 Å². The van der Waals surface area contributed by atoms with E-state index in [4.69, 9.17) is 4.74 Å². The molecule has 1 atom stereocenters. The zero-order valence-electron chi connectivity index (χ0n) is 11.1. The summed E-state index contributed by atoms with van der Waals surface area (Å²) < 4.78 is 18.2. The fourth-order valence-electron chi connectivity index (χ4n) is 2.12. The Kier molecular flexibility index (Phi) is 4.74. The van der Waals surface area contributed by atoms with Gasteiger partial charge in [0.25, 0.3) is 0 Å². The highest BCUT2D eigenvalue weighted by Gasteiger charge is 2.24. The van der Waals surface area contributed by atoms with Crippen LogP contribution >= 0.6 is 0 Å². The second kappa shape index (κ2) is 6.52. The molecule has 1 aromatic rings. The van der Waals surface area contributed by atoms with E-state index < -0.39 is 0 Å². The quantitative estimate of drug-likeness (QED) is 0.872. The summed E-state index contributed by atoms with van der Waals surface area (Å²) in [7, 11) is 1.79. The number of halogens is 1. The molecular weight excluding hydrogens is 247 g/mol. The highest BCUT2D eigenvalue weighted by atomic mass is 19.1. The smallest absolute Gasteiger partial charge is 0.226 e. The van der Waals surface area contributed by atoms with Gasteiger partial charge in [-0.1, -0.05) is 0 Å². The first-order valence-electron chi connectivity index (χ1n) is 6.51. The van der Waals surface area contributed by atoms with Gasteiger partial charge in [-0.25, -0.2) is 4.39 Å². The molecule has 1 aromatic carbocycles. The van der Waals surface area contributed by atoms with Crippen molar-refractivity contribution in [1.29, 1.82) is 0 Å². The number of rotatable bonds is 5. The van der Waals surface area contributed by atoms with Crippen molar-refractivity contribution < 1.29 is 13.9 Å². The van der Waals surface area contributed by atoms with Gasteiger partial charge in [0.15, 0.2) is 0 Å². The number of nitrogens with one attached hydrogen (secondary N) is 1. The number of likely N-dealkylation sites (N-methyl/N-ethyl adjacent to an activating group) is 1. The summed E-state index contributed by atoms with van der Waals surface area (Å²) in [6, 6.07) is 5.87. The van der Waals surface area contributed by atoms with E-state index in [0.717, 1.165) is 19.5 Å². The molecule has 5 heteroatoms. The fourth-order valence-corrected chi connectivity index (χ4v) is 2.12. The number of hydrogen-bond acceptors (Lipinski definition) is 3. The number of ether oxygens (including phenoxy) is 1. The number of nitrogens with zero attached hydrogens (tertiary/aromatic N) is 1. The van der Waals surface area contributed by atoms with Gasteiger partial charge in [-0.3, -0.25) is 4.79 Å². The molecule has 0 aliphatic carbocycles. The maximum atomic E-state index is 12.7. The molecule has 1 N–H and O–H groups in total. The van der Waals surface area contributed by atoms with Gasteiger partial charge in [0.2, 0.25) is 5.91 Å². The molecule has 4 nitrogen and oxygen atoms in total. The standard InChI is InChI=1S/C14H19FN2O2/c1-17(14(18)11-6-7-16-10-11)8-9-19-13-4-2-12(15)3-5-13/h2-5,11,16H,6-10H2,1H3. The van der Waals surface area contributed by atoms with Gasteiger partial charge in [0, 0.05) is 13.6 Å². The summed E-state index contributed by atoms with van der Waals surface area (Å²) in [5, 5.41) is 3.18. The van der Waals surface area contributed by atoms with Gasteiger partial charge in [-0.05, 0) is 37.2 Å². The third kappa shape index (κ3) is 3.92. The molecule has 104 valence electrons. The zero-order valence-corrected chi connectivity index (χ0v) is 11.1. The largest absolute Gasteiger partial charge is 0.492 e. The first-order valence-corrected chi connectivity index (χ1v) is 6.51. The normalized spacial score (nSPS) is 18.3. The van der Waals surface area contributed by atoms with Crippen LogP contribution in [0.25, 0.3) is 0 Å². The summed E-state index contributed by atoms with van der Waals surface area (Å²) in [4.78, 5) is 13.7. The molecule has 0 aromatic heterocycles. The van der Waals surface area contributed by atoms with Crippen LogP contribution in [0, 0.1) is 11.7 Å². The minimum absolute atomic E-state index is 0.0934. The minimum atomic E-state index is -0.284. The first kappa shape index (κ1) is 13.8. The van der Waals surface area contributed by atoms with Gasteiger partial charge in [-0.2, -0.15) is 0 Å². The lowest BCUT2D eigenvalue weighted by Crippen LogP contribution is -2.36. The Labute approximate surface area is 112 Å². The Bertz CT molecular complexity index is 416. The first-order chi connectivity index (χ1) is 9.16.